The number of nitrogens with one attached hydrogen (secondary N) is 1. The second-order valence-electron chi connectivity index (χ2n) is 6.24. The molecule has 1 fully saturated rings. The smallest absolute Gasteiger partial charge is 0.194 e. The molecule has 0 radical (unpaired) electrons. The number of halogens is 1. The number of benzene rings is 1. The van der Waals surface area contributed by atoms with Crippen molar-refractivity contribution in [1.82, 2.24) is 10.2 Å². The molecule has 25 heavy (non-hydrogen) atoms. The van der Waals surface area contributed by atoms with Gasteiger partial charge in [-0.05, 0) is 18.9 Å². The fraction of sp³-hybridized carbons (Fsp3) is 0.611. The Morgan fingerprint density at radius 2 is 2.24 bits per heavy atom. The minimum Gasteiger partial charge on any atom is -0.504 e. The largest absolute Gasteiger partial charge is 0.504 e. The third kappa shape index (κ3) is 6.13. The van der Waals surface area contributed by atoms with Crippen molar-refractivity contribution >= 4 is 41.7 Å². The number of ether oxygens (including phenoxy) is 1. The first-order valence-corrected chi connectivity index (χ1v) is 9.61. The molecule has 142 valence electrons. The number of thioether (sulfide) groups is 1. The maximum atomic E-state index is 10.2. The Bertz CT molecular complexity index is 569. The Kier molecular flexibility index (Phi) is 9.78. The number of hydrogen-bond acceptors (Lipinski definition) is 4. The van der Waals surface area contributed by atoms with Crippen LogP contribution in [0, 0.1) is 5.92 Å². The van der Waals surface area contributed by atoms with Gasteiger partial charge in [0.25, 0.3) is 0 Å². The van der Waals surface area contributed by atoms with Crippen LogP contribution in [-0.4, -0.2) is 53.7 Å². The van der Waals surface area contributed by atoms with Crippen LogP contribution in [0.5, 0.6) is 11.5 Å². The van der Waals surface area contributed by atoms with Gasteiger partial charge in [-0.3, -0.25) is 0 Å². The lowest BCUT2D eigenvalue weighted by molar-refractivity contribution is 0.370. The van der Waals surface area contributed by atoms with E-state index in [4.69, 9.17) is 9.73 Å². The molecular formula is C18H30IN3O2S. The molecule has 1 aromatic rings. The minimum atomic E-state index is 0. The molecule has 0 bridgehead atoms. The van der Waals surface area contributed by atoms with E-state index in [0.717, 1.165) is 36.9 Å². The van der Waals surface area contributed by atoms with Crippen molar-refractivity contribution in [2.45, 2.75) is 32.6 Å². The first-order chi connectivity index (χ1) is 11.6. The van der Waals surface area contributed by atoms with Gasteiger partial charge in [-0.25, -0.2) is 4.99 Å². The number of rotatable bonds is 5. The number of aromatic hydroxyl groups is 1. The van der Waals surface area contributed by atoms with Crippen LogP contribution < -0.4 is 10.1 Å². The molecule has 0 aromatic heterocycles. The summed E-state index contributed by atoms with van der Waals surface area (Å²) in [7, 11) is 1.56. The lowest BCUT2D eigenvalue weighted by Crippen LogP contribution is -2.49. The van der Waals surface area contributed by atoms with Crippen molar-refractivity contribution < 1.29 is 9.84 Å². The fourth-order valence-electron chi connectivity index (χ4n) is 2.72. The molecule has 7 heteroatoms. The summed E-state index contributed by atoms with van der Waals surface area (Å²) in [4.78, 5) is 7.08. The molecule has 1 heterocycles. The summed E-state index contributed by atoms with van der Waals surface area (Å²) in [6, 6.07) is 5.51. The third-order valence-corrected chi connectivity index (χ3v) is 5.71. The maximum absolute atomic E-state index is 10.2. The summed E-state index contributed by atoms with van der Waals surface area (Å²) in [5, 5.41) is 14.2. The van der Waals surface area contributed by atoms with Gasteiger partial charge in [0, 0.05) is 36.2 Å². The van der Waals surface area contributed by atoms with Gasteiger partial charge in [-0.1, -0.05) is 26.0 Å². The normalized spacial score (nSPS) is 18.0. The molecule has 1 saturated heterocycles. The number of nitrogens with zero attached hydrogens (tertiary/aromatic N) is 2. The Balaban J connectivity index is 0.00000312. The van der Waals surface area contributed by atoms with Crippen molar-refractivity contribution in [2.24, 2.45) is 10.9 Å². The number of phenolic OH excluding ortho intramolecular Hbond substituents is 1. The fourth-order valence-corrected chi connectivity index (χ4v) is 4.02. The monoisotopic (exact) mass is 479 g/mol. The second kappa shape index (κ2) is 11.0. The van der Waals surface area contributed by atoms with Gasteiger partial charge in [-0.15, -0.1) is 24.0 Å². The highest BCUT2D eigenvalue weighted by atomic mass is 127. The molecule has 0 aliphatic carbocycles. The van der Waals surface area contributed by atoms with E-state index in [1.165, 1.54) is 0 Å². The molecule has 0 spiro atoms. The SMILES string of the molecule is CCNC(=NCc1cccc(OC)c1O)N1CCSC(C(C)C)C1.I. The van der Waals surface area contributed by atoms with E-state index in [2.05, 4.69) is 42.7 Å². The third-order valence-electron chi connectivity index (χ3n) is 4.17. The molecule has 2 N–H and O–H groups in total. The van der Waals surface area contributed by atoms with E-state index < -0.39 is 0 Å². The Hall–Kier alpha value is -0.830. The molecule has 0 amide bonds. The first-order valence-electron chi connectivity index (χ1n) is 8.56. The average molecular weight is 479 g/mol. The zero-order chi connectivity index (χ0) is 17.5. The van der Waals surface area contributed by atoms with Gasteiger partial charge in [0.15, 0.2) is 17.5 Å². The minimum absolute atomic E-state index is 0. The lowest BCUT2D eigenvalue weighted by atomic mass is 10.1. The topological polar surface area (TPSA) is 57.1 Å². The average Bonchev–Trinajstić information content (AvgIpc) is 2.59. The highest BCUT2D eigenvalue weighted by Crippen LogP contribution is 2.30. The first kappa shape index (κ1) is 22.2. The van der Waals surface area contributed by atoms with Crippen LogP contribution in [0.2, 0.25) is 0 Å². The molecule has 5 nitrogen and oxygen atoms in total. The summed E-state index contributed by atoms with van der Waals surface area (Å²) in [5.41, 5.74) is 0.775. The van der Waals surface area contributed by atoms with Crippen LogP contribution >= 0.6 is 35.7 Å². The van der Waals surface area contributed by atoms with Crippen LogP contribution in [0.25, 0.3) is 0 Å². The summed E-state index contributed by atoms with van der Waals surface area (Å²) < 4.78 is 5.17. The van der Waals surface area contributed by atoms with Crippen LogP contribution in [0.1, 0.15) is 26.3 Å². The van der Waals surface area contributed by atoms with E-state index in [9.17, 15) is 5.11 Å². The number of para-hydroxylation sites is 1. The van der Waals surface area contributed by atoms with Crippen LogP contribution in [0.3, 0.4) is 0 Å². The molecular weight excluding hydrogens is 449 g/mol. The number of guanidine groups is 1. The molecule has 1 aliphatic rings. The molecule has 1 atom stereocenters. The number of phenols is 1. The zero-order valence-electron chi connectivity index (χ0n) is 15.5. The highest BCUT2D eigenvalue weighted by Gasteiger charge is 2.24. The predicted molar refractivity (Wildman–Crippen MR) is 118 cm³/mol. The van der Waals surface area contributed by atoms with Gasteiger partial charge in [0.2, 0.25) is 0 Å². The quantitative estimate of drug-likeness (QED) is 0.385. The van der Waals surface area contributed by atoms with Crippen molar-refractivity contribution in [3.63, 3.8) is 0 Å². The van der Waals surface area contributed by atoms with Crippen molar-refractivity contribution in [3.8, 4) is 11.5 Å². The number of hydrogen-bond donors (Lipinski definition) is 2. The highest BCUT2D eigenvalue weighted by molar-refractivity contribution is 14.0. The van der Waals surface area contributed by atoms with E-state index in [0.29, 0.717) is 23.5 Å². The van der Waals surface area contributed by atoms with Crippen LogP contribution in [0.4, 0.5) is 0 Å². The summed E-state index contributed by atoms with van der Waals surface area (Å²) in [6.07, 6.45) is 0. The maximum Gasteiger partial charge on any atom is 0.194 e. The summed E-state index contributed by atoms with van der Waals surface area (Å²) >= 11 is 2.05. The van der Waals surface area contributed by atoms with Crippen LogP contribution in [-0.2, 0) is 6.54 Å². The van der Waals surface area contributed by atoms with Crippen molar-refractivity contribution in [1.29, 1.82) is 0 Å². The number of methoxy groups -OCH3 is 1. The lowest BCUT2D eigenvalue weighted by Gasteiger charge is -2.36. The zero-order valence-corrected chi connectivity index (χ0v) is 18.6. The van der Waals surface area contributed by atoms with E-state index in [1.54, 1.807) is 13.2 Å². The molecule has 0 saturated carbocycles. The van der Waals surface area contributed by atoms with Crippen molar-refractivity contribution in [2.75, 3.05) is 32.5 Å². The van der Waals surface area contributed by atoms with Gasteiger partial charge in [0.1, 0.15) is 0 Å². The molecule has 1 aliphatic heterocycles. The van der Waals surface area contributed by atoms with E-state index >= 15 is 0 Å². The van der Waals surface area contributed by atoms with Crippen LogP contribution in [0.15, 0.2) is 23.2 Å². The Morgan fingerprint density at radius 3 is 2.88 bits per heavy atom. The molecule has 1 aromatic carbocycles. The summed E-state index contributed by atoms with van der Waals surface area (Å²) in [6.45, 7) is 9.92. The van der Waals surface area contributed by atoms with E-state index in [-0.39, 0.29) is 29.7 Å². The predicted octanol–water partition coefficient (Wildman–Crippen LogP) is 3.56. The van der Waals surface area contributed by atoms with Gasteiger partial charge < -0.3 is 20.1 Å². The van der Waals surface area contributed by atoms with E-state index in [1.807, 2.05) is 12.1 Å². The summed E-state index contributed by atoms with van der Waals surface area (Å²) in [5.74, 6) is 3.36. The van der Waals surface area contributed by atoms with Gasteiger partial charge in [-0.2, -0.15) is 11.8 Å². The second-order valence-corrected chi connectivity index (χ2v) is 7.58. The molecule has 1 unspecified atom stereocenters. The van der Waals surface area contributed by atoms with Crippen molar-refractivity contribution in [3.05, 3.63) is 23.8 Å². The van der Waals surface area contributed by atoms with Gasteiger partial charge in [0.05, 0.1) is 13.7 Å². The Labute approximate surface area is 172 Å². The number of aliphatic imine (C=N–C) groups is 1. The Morgan fingerprint density at radius 1 is 1.48 bits per heavy atom. The standard InChI is InChI=1S/C18H29N3O2S.HI/c1-5-19-18(21-9-10-24-16(12-21)13(2)3)20-11-14-7-6-8-15(23-4)17(14)22;/h6-8,13,16,22H,5,9-12H2,1-4H3,(H,19,20);1H. The molecule has 2 rings (SSSR count). The van der Waals surface area contributed by atoms with Gasteiger partial charge >= 0.3 is 0 Å².